The second-order valence-corrected chi connectivity index (χ2v) is 28.6. The third-order valence-electron chi connectivity index (χ3n) is 22.6. The van der Waals surface area contributed by atoms with Gasteiger partial charge in [0.2, 0.25) is 5.91 Å². The highest BCUT2D eigenvalue weighted by molar-refractivity contribution is 5.98. The molecule has 9 heterocycles. The van der Waals surface area contributed by atoms with Crippen molar-refractivity contribution in [2.45, 2.75) is 113 Å². The van der Waals surface area contributed by atoms with E-state index in [0.29, 0.717) is 85.2 Å². The first-order valence-corrected chi connectivity index (χ1v) is 35.5. The molecule has 4 amide bonds. The Labute approximate surface area is 586 Å². The predicted octanol–water partition coefficient (Wildman–Crippen LogP) is 10.7. The van der Waals surface area contributed by atoms with Gasteiger partial charge in [-0.05, 0) is 174 Å². The Morgan fingerprint density at radius 3 is 1.10 bits per heavy atom. The number of benzene rings is 7. The van der Waals surface area contributed by atoms with Crippen molar-refractivity contribution in [3.63, 3.8) is 0 Å². The lowest BCUT2D eigenvalue weighted by atomic mass is 9.75. The lowest BCUT2D eigenvalue weighted by molar-refractivity contribution is -0.136. The zero-order valence-electron chi connectivity index (χ0n) is 56.8. The monoisotopic (exact) mass is 1380 g/mol. The van der Waals surface area contributed by atoms with E-state index in [2.05, 4.69) is 72.0 Å². The molecule has 7 fully saturated rings. The number of H-pyrrole nitrogens is 3. The summed E-state index contributed by atoms with van der Waals surface area (Å²) in [5, 5.41) is 27.5. The zero-order chi connectivity index (χ0) is 70.4. The van der Waals surface area contributed by atoms with E-state index < -0.39 is 17.5 Å². The summed E-state index contributed by atoms with van der Waals surface area (Å²) in [6.07, 6.45) is 11.0. The van der Waals surface area contributed by atoms with Gasteiger partial charge in [-0.2, -0.15) is 15.3 Å². The van der Waals surface area contributed by atoms with Crippen LogP contribution in [0, 0.1) is 30.3 Å². The smallest absolute Gasteiger partial charge is 0.272 e. The van der Waals surface area contributed by atoms with Crippen molar-refractivity contribution in [2.75, 3.05) is 63.8 Å². The van der Waals surface area contributed by atoms with Crippen LogP contribution in [-0.4, -0.2) is 149 Å². The molecule has 10 aromatic rings. The van der Waals surface area contributed by atoms with Crippen LogP contribution >= 0.6 is 0 Å². The number of amides is 4. The van der Waals surface area contributed by atoms with Crippen molar-refractivity contribution in [1.82, 2.24) is 55.5 Å². The van der Waals surface area contributed by atoms with Crippen LogP contribution in [0.4, 0.5) is 18.9 Å². The topological polar surface area (TPSA) is 234 Å². The van der Waals surface area contributed by atoms with Gasteiger partial charge in [-0.25, -0.2) is 28.5 Å². The summed E-state index contributed by atoms with van der Waals surface area (Å²) >= 11 is 0. The Hall–Kier alpha value is -10.6. The average molecular weight is 1380 g/mol. The van der Waals surface area contributed by atoms with Crippen LogP contribution < -0.4 is 26.9 Å². The van der Waals surface area contributed by atoms with Crippen LogP contribution in [0.2, 0.25) is 0 Å². The molecule has 3 spiro atoms. The van der Waals surface area contributed by atoms with Gasteiger partial charge in [0.25, 0.3) is 34.4 Å². The Morgan fingerprint density at radius 2 is 0.755 bits per heavy atom. The van der Waals surface area contributed by atoms with Crippen molar-refractivity contribution in [3.8, 4) is 0 Å². The summed E-state index contributed by atoms with van der Waals surface area (Å²) in [5.74, 6) is -1.87. The molecule has 22 heteroatoms. The van der Waals surface area contributed by atoms with Gasteiger partial charge >= 0.3 is 0 Å². The summed E-state index contributed by atoms with van der Waals surface area (Å²) in [6, 6.07) is 44.3. The summed E-state index contributed by atoms with van der Waals surface area (Å²) in [6.45, 7) is 8.85. The molecule has 7 aromatic carbocycles. The van der Waals surface area contributed by atoms with Gasteiger partial charge in [-0.3, -0.25) is 33.6 Å². The number of aryl methyl sites for hydroxylation is 1. The molecule has 4 N–H and O–H groups in total. The van der Waals surface area contributed by atoms with Crippen molar-refractivity contribution in [2.24, 2.45) is 5.92 Å². The Kier molecular flexibility index (Phi) is 18.3. The molecule has 19 nitrogen and oxygen atoms in total. The molecule has 102 heavy (non-hydrogen) atoms. The number of nitrogens with one attached hydrogen (secondary N) is 4. The Morgan fingerprint density at radius 1 is 0.422 bits per heavy atom. The number of hydrogen-bond donors (Lipinski definition) is 4. The summed E-state index contributed by atoms with van der Waals surface area (Å²) in [5.41, 5.74) is 5.72. The number of rotatable bonds is 11. The van der Waals surface area contributed by atoms with E-state index in [1.54, 1.807) is 66.7 Å². The number of hydrogen-bond acceptors (Lipinski definition) is 12. The highest BCUT2D eigenvalue weighted by Gasteiger charge is 2.52. The molecule has 17 rings (SSSR count). The molecule has 6 aliphatic heterocycles. The molecule has 0 radical (unpaired) electrons. The molecular weight excluding hydrogens is 1300 g/mol. The predicted molar refractivity (Wildman–Crippen MR) is 383 cm³/mol. The van der Waals surface area contributed by atoms with Crippen LogP contribution in [0.1, 0.15) is 141 Å². The first kappa shape index (κ1) is 67.2. The number of fused-ring (bicyclic) bond motifs is 3. The summed E-state index contributed by atoms with van der Waals surface area (Å²) in [4.78, 5) is 98.7. The first-order chi connectivity index (χ1) is 49.5. The largest absolute Gasteiger partial charge is 0.371 e. The van der Waals surface area contributed by atoms with E-state index in [1.807, 2.05) is 62.1 Å². The number of aromatic amines is 3. The van der Waals surface area contributed by atoms with Crippen molar-refractivity contribution >= 4 is 61.6 Å². The number of likely N-dealkylation sites (tertiary alicyclic amines) is 4. The summed E-state index contributed by atoms with van der Waals surface area (Å²) < 4.78 is 44.4. The van der Waals surface area contributed by atoms with Gasteiger partial charge in [0, 0.05) is 109 Å². The first-order valence-electron chi connectivity index (χ1n) is 35.5. The van der Waals surface area contributed by atoms with Crippen molar-refractivity contribution in [1.29, 1.82) is 0 Å². The van der Waals surface area contributed by atoms with Crippen LogP contribution in [0.15, 0.2) is 166 Å². The van der Waals surface area contributed by atoms with E-state index in [-0.39, 0.29) is 79.5 Å². The van der Waals surface area contributed by atoms with Gasteiger partial charge < -0.3 is 29.8 Å². The molecule has 3 aromatic heterocycles. The second-order valence-electron chi connectivity index (χ2n) is 28.6. The molecule has 0 atom stereocenters. The highest BCUT2D eigenvalue weighted by atomic mass is 19.1. The van der Waals surface area contributed by atoms with Crippen molar-refractivity contribution < 1.29 is 32.3 Å². The van der Waals surface area contributed by atoms with Gasteiger partial charge in [0.05, 0.1) is 49.9 Å². The maximum Gasteiger partial charge on any atom is 0.272 e. The fraction of sp³-hybridized carbons (Fsp3) is 0.350. The zero-order valence-corrected chi connectivity index (χ0v) is 56.8. The highest BCUT2D eigenvalue weighted by Crippen LogP contribution is 2.45. The third kappa shape index (κ3) is 13.0. The van der Waals surface area contributed by atoms with Crippen molar-refractivity contribution in [3.05, 3.63) is 256 Å². The van der Waals surface area contributed by atoms with E-state index >= 15 is 0 Å². The minimum Gasteiger partial charge on any atom is -0.371 e. The maximum atomic E-state index is 14.9. The average Bonchev–Trinajstić information content (AvgIpc) is 1.14. The number of carbonyl (C=O) groups excluding carboxylic acids is 4. The number of halogens is 3. The van der Waals surface area contributed by atoms with Crippen LogP contribution in [0.3, 0.4) is 0 Å². The molecule has 1 saturated carbocycles. The van der Waals surface area contributed by atoms with Gasteiger partial charge in [0.15, 0.2) is 0 Å². The van der Waals surface area contributed by atoms with Gasteiger partial charge in [0.1, 0.15) is 17.5 Å². The quantitative estimate of drug-likeness (QED) is 0.0947. The minimum absolute atomic E-state index is 0.0618. The fourth-order valence-corrected chi connectivity index (χ4v) is 16.2. The SMILES string of the molecule is Cc1ccc(N2CCC3(CC2)CCN3C(=O)c2cc(Cc3n[nH]c(=O)c4ccccc34)ccc2F)cc1.O=C(C1CC1)N1CCC2(CC1)CCN2C(=O)c1cc(Cc2n[nH]c(=O)c3ccccc23)ccc1F.O=C(c1cc(Cc2n[nH]c(=O)c3ccccc23)ccc1F)N1CCC12CCNCC2. The molecule has 0 bridgehead atoms. The van der Waals surface area contributed by atoms with E-state index in [0.717, 1.165) is 130 Å². The minimum atomic E-state index is -0.540. The number of carbonyl (C=O) groups is 4. The Bertz CT molecular complexity index is 5110. The fourth-order valence-electron chi connectivity index (χ4n) is 16.2. The molecule has 7 aliphatic rings. The van der Waals surface area contributed by atoms with Crippen LogP contribution in [0.5, 0.6) is 0 Å². The molecule has 0 unspecified atom stereocenters. The standard InChI is InChI=1S/C30H29FN4O2.C27H27FN4O3.C23H23FN4O2/c1-20-6-9-22(10-7-20)34-15-12-30(13-16-34)14-17-35(30)29(37)25-18-21(8-11-26(25)31)19-27-23-4-2-3-5-24(23)28(36)33-32-27;28-22-8-5-17(16-23-19-3-1-2-4-20(19)24(33)30-29-23)15-21(22)26(35)32-14-11-27(32)9-12-31(13-10-27)25(34)18-6-7-18;24-19-6-5-15(14-20-16-3-1-2-4-17(16)21(29)27-26-20)13-18(19)22(30)28-12-9-23(28)7-10-25-11-8-23/h2-11,18H,12-17,19H2,1H3,(H,33,36);1-5,8,15,18H,6-7,9-14,16H2,(H,30,33);1-6,13,25H,7-12,14H2,(H,27,29). The number of nitrogens with zero attached hydrogens (tertiary/aromatic N) is 8. The van der Waals surface area contributed by atoms with Gasteiger partial charge in [-0.15, -0.1) is 0 Å². The van der Waals surface area contributed by atoms with Gasteiger partial charge in [-0.1, -0.05) is 90.5 Å². The number of anilines is 1. The molecule has 6 saturated heterocycles. The summed E-state index contributed by atoms with van der Waals surface area (Å²) in [7, 11) is 0. The number of piperidine rings is 3. The van der Waals surface area contributed by atoms with E-state index in [9.17, 15) is 46.7 Å². The van der Waals surface area contributed by atoms with E-state index in [1.165, 1.54) is 29.4 Å². The third-order valence-corrected chi connectivity index (χ3v) is 22.6. The molecule has 1 aliphatic carbocycles. The number of aromatic nitrogens is 6. The molecule has 522 valence electrons. The molecular formula is C80H79F3N12O7. The lowest BCUT2D eigenvalue weighted by Crippen LogP contribution is -2.66. The second kappa shape index (κ2) is 27.7. The lowest BCUT2D eigenvalue weighted by Gasteiger charge is -2.56. The van der Waals surface area contributed by atoms with Crippen LogP contribution in [0.25, 0.3) is 32.3 Å². The normalized spacial score (nSPS) is 17.9. The Balaban J connectivity index is 0.000000124. The van der Waals surface area contributed by atoms with Crippen LogP contribution in [-0.2, 0) is 24.1 Å². The van der Waals surface area contributed by atoms with E-state index in [4.69, 9.17) is 0 Å². The maximum absolute atomic E-state index is 14.9.